The molecule has 26 heteroatoms. The van der Waals surface area contributed by atoms with Crippen molar-refractivity contribution in [2.75, 3.05) is 92.1 Å². The maximum absolute atomic E-state index is 10.4. The summed E-state index contributed by atoms with van der Waals surface area (Å²) in [5, 5.41) is 80.4. The number of phenols is 2. The van der Waals surface area contributed by atoms with Crippen molar-refractivity contribution in [1.29, 1.82) is 0 Å². The first-order valence-corrected chi connectivity index (χ1v) is 15.0. The molecule has 52 heavy (non-hydrogen) atoms. The highest BCUT2D eigenvalue weighted by Gasteiger charge is 2.31. The molecule has 0 spiro atoms. The predicted octanol–water partition coefficient (Wildman–Crippen LogP) is 1.92. The van der Waals surface area contributed by atoms with E-state index in [2.05, 4.69) is 9.80 Å². The molecule has 286 valence electrons. The molecule has 0 aromatic heterocycles. The number of aromatic hydroxyl groups is 2. The molecule has 0 unspecified atom stereocenters. The van der Waals surface area contributed by atoms with Gasteiger partial charge in [0.15, 0.2) is 0 Å². The molecule has 0 saturated carbocycles. The maximum atomic E-state index is 10.4. The van der Waals surface area contributed by atoms with Gasteiger partial charge in [-0.25, -0.2) is 0 Å². The maximum Gasteiger partial charge on any atom is 0.324 e. The van der Waals surface area contributed by atoms with Gasteiger partial charge in [0.05, 0.1) is 107 Å². The van der Waals surface area contributed by atoms with Gasteiger partial charge in [0, 0.05) is 39.3 Å². The quantitative estimate of drug-likeness (QED) is 0.149. The summed E-state index contributed by atoms with van der Waals surface area (Å²) in [6, 6.07) is 1.79. The molecule has 2 saturated heterocycles. The molecule has 0 bridgehead atoms. The predicted molar refractivity (Wildman–Crippen MR) is 172 cm³/mol. The topological polar surface area (TPSA) is 343 Å². The van der Waals surface area contributed by atoms with E-state index in [4.69, 9.17) is 29.2 Å². The molecular weight excluding hydrogens is 712 g/mol. The molecule has 26 nitrogen and oxygen atoms in total. The smallest absolute Gasteiger partial charge is 0.324 e. The van der Waals surface area contributed by atoms with Crippen molar-refractivity contribution in [1.82, 2.24) is 9.80 Å². The van der Waals surface area contributed by atoms with Gasteiger partial charge in [-0.05, 0) is 0 Å². The van der Waals surface area contributed by atoms with Crippen LogP contribution in [0.25, 0.3) is 0 Å². The number of phenolic OH excluding ortho intramolecular Hbond substituents is 2. The summed E-state index contributed by atoms with van der Waals surface area (Å²) >= 11 is 0. The Hall–Kier alpha value is -5.80. The number of hydrogen-bond donors (Lipinski definition) is 2. The van der Waals surface area contributed by atoms with Gasteiger partial charge < -0.3 is 29.2 Å². The second-order valence-corrected chi connectivity index (χ2v) is 10.3. The summed E-state index contributed by atoms with van der Waals surface area (Å²) in [4.78, 5) is 60.3. The lowest BCUT2D eigenvalue weighted by atomic mass is 10.2. The fraction of sp³-hybridized carbons (Fsp3) is 0.538. The van der Waals surface area contributed by atoms with Gasteiger partial charge in [0.25, 0.3) is 22.9 Å². The summed E-state index contributed by atoms with van der Waals surface area (Å²) in [5.41, 5.74) is -6.00. The van der Waals surface area contributed by atoms with Gasteiger partial charge in [-0.2, -0.15) is 0 Å². The number of nitrogens with zero attached hydrogens (tertiary/aromatic N) is 8. The van der Waals surface area contributed by atoms with Crippen molar-refractivity contribution >= 4 is 34.1 Å². The largest absolute Gasteiger partial charge is 0.497 e. The molecule has 0 amide bonds. The third-order valence-corrected chi connectivity index (χ3v) is 7.00. The second kappa shape index (κ2) is 21.4. The van der Waals surface area contributed by atoms with Crippen LogP contribution in [-0.2, 0) is 18.9 Å². The van der Waals surface area contributed by atoms with Crippen LogP contribution in [0.4, 0.5) is 34.1 Å². The van der Waals surface area contributed by atoms with E-state index in [1.165, 1.54) is 0 Å². The zero-order valence-electron chi connectivity index (χ0n) is 27.2. The number of benzene rings is 2. The molecular formula is C26H34N8O18. The summed E-state index contributed by atoms with van der Waals surface area (Å²) in [6.07, 6.45) is 0. The van der Waals surface area contributed by atoms with E-state index in [1.54, 1.807) is 0 Å². The Balaban J connectivity index is 0.000000273. The average molecular weight is 747 g/mol. The fourth-order valence-electron chi connectivity index (χ4n) is 4.31. The lowest BCUT2D eigenvalue weighted by molar-refractivity contribution is -0.404. The molecule has 0 radical (unpaired) electrons. The van der Waals surface area contributed by atoms with Crippen molar-refractivity contribution in [3.8, 4) is 11.5 Å². The van der Waals surface area contributed by atoms with E-state index >= 15 is 0 Å². The molecule has 4 rings (SSSR count). The average Bonchev–Trinajstić information content (AvgIpc) is 3.10. The first kappa shape index (κ1) is 42.4. The minimum atomic E-state index is -1.21. The highest BCUT2D eigenvalue weighted by atomic mass is 16.7. The lowest BCUT2D eigenvalue weighted by Gasteiger charge is -2.26. The summed E-state index contributed by atoms with van der Waals surface area (Å²) < 4.78 is 21.8. The first-order valence-electron chi connectivity index (χ1n) is 15.0. The number of nitro benzene ring substituents is 6. The van der Waals surface area contributed by atoms with Crippen LogP contribution in [0.5, 0.6) is 11.5 Å². The zero-order valence-corrected chi connectivity index (χ0v) is 27.2. The summed E-state index contributed by atoms with van der Waals surface area (Å²) in [7, 11) is 0. The van der Waals surface area contributed by atoms with Crippen molar-refractivity contribution in [2.45, 2.75) is 0 Å². The summed E-state index contributed by atoms with van der Waals surface area (Å²) in [6.45, 7) is 12.5. The minimum Gasteiger partial charge on any atom is -0.497 e. The molecule has 2 heterocycles. The van der Waals surface area contributed by atoms with Crippen LogP contribution >= 0.6 is 0 Å². The molecule has 2 fully saturated rings. The van der Waals surface area contributed by atoms with E-state index in [0.29, 0.717) is 37.5 Å². The normalized spacial score (nSPS) is 14.5. The van der Waals surface area contributed by atoms with Gasteiger partial charge in [-0.1, -0.05) is 0 Å². The molecule has 0 atom stereocenters. The van der Waals surface area contributed by atoms with Crippen LogP contribution in [0.2, 0.25) is 0 Å². The highest BCUT2D eigenvalue weighted by molar-refractivity contribution is 5.65. The Labute approximate surface area is 291 Å². The van der Waals surface area contributed by atoms with Crippen molar-refractivity contribution < 1.29 is 58.7 Å². The van der Waals surface area contributed by atoms with Crippen LogP contribution in [0.3, 0.4) is 0 Å². The van der Waals surface area contributed by atoms with Crippen LogP contribution in [-0.4, -0.2) is 142 Å². The Kier molecular flexibility index (Phi) is 17.5. The van der Waals surface area contributed by atoms with E-state index in [9.17, 15) is 60.7 Å². The van der Waals surface area contributed by atoms with E-state index in [-0.39, 0.29) is 0 Å². The number of non-ortho nitro benzene ring substituents is 2. The van der Waals surface area contributed by atoms with Gasteiger partial charge in [-0.3, -0.25) is 70.5 Å². The Bertz CT molecular complexity index is 1400. The van der Waals surface area contributed by atoms with Crippen molar-refractivity contribution in [2.24, 2.45) is 0 Å². The number of hydrogen-bond acceptors (Lipinski definition) is 20. The highest BCUT2D eigenvalue weighted by Crippen LogP contribution is 2.40. The van der Waals surface area contributed by atoms with Crippen LogP contribution in [0, 0.1) is 60.7 Å². The molecule has 2 N–H and O–H groups in total. The van der Waals surface area contributed by atoms with Gasteiger partial charge in [0.2, 0.25) is 0 Å². The Morgan fingerprint density at radius 2 is 0.769 bits per heavy atom. The van der Waals surface area contributed by atoms with Crippen molar-refractivity contribution in [3.63, 3.8) is 0 Å². The molecule has 2 aliphatic heterocycles. The molecule has 2 aromatic carbocycles. The monoisotopic (exact) mass is 746 g/mol. The summed E-state index contributed by atoms with van der Waals surface area (Å²) in [5.74, 6) is -2.42. The third-order valence-electron chi connectivity index (χ3n) is 7.00. The van der Waals surface area contributed by atoms with Crippen molar-refractivity contribution in [3.05, 3.63) is 85.0 Å². The lowest BCUT2D eigenvalue weighted by Crippen LogP contribution is -2.38. The number of ether oxygens (including phenoxy) is 4. The second-order valence-electron chi connectivity index (χ2n) is 10.3. The molecule has 2 aliphatic rings. The number of nitro groups is 6. The number of morpholine rings is 2. The Morgan fingerprint density at radius 3 is 1.00 bits per heavy atom. The first-order chi connectivity index (χ1) is 24.6. The van der Waals surface area contributed by atoms with E-state index < -0.39 is 75.2 Å². The third kappa shape index (κ3) is 13.8. The standard InChI is InChI=1S/C14H28N2O4.2C6H3N3O7/c1-7-17-8-2-15(1)5-11-19-13-14-20-12-6-16-3-9-18-10-4-16;2*10-6-4(8(13)14)1-3(7(11)12)2-5(6)9(15)16/h1-14H2;2*1-2,10H. The van der Waals surface area contributed by atoms with Crippen LogP contribution < -0.4 is 0 Å². The molecule has 0 aliphatic carbocycles. The van der Waals surface area contributed by atoms with Gasteiger partial charge in [0.1, 0.15) is 0 Å². The van der Waals surface area contributed by atoms with E-state index in [1.807, 2.05) is 0 Å². The van der Waals surface area contributed by atoms with Crippen LogP contribution in [0.15, 0.2) is 24.3 Å². The van der Waals surface area contributed by atoms with Gasteiger partial charge in [-0.15, -0.1) is 0 Å². The minimum absolute atomic E-state index is 0.447. The SMILES string of the molecule is C(COCCN1CCOCC1)OCCN1CCOCC1.O=[N+]([O-])c1cc([N+](=O)[O-])c(O)c([N+](=O)[O-])c1.O=[N+]([O-])c1cc([N+](=O)[O-])c(O)c([N+](=O)[O-])c1. The Morgan fingerprint density at radius 1 is 0.500 bits per heavy atom. The van der Waals surface area contributed by atoms with E-state index in [0.717, 1.165) is 78.9 Å². The zero-order chi connectivity index (χ0) is 38.8. The fourth-order valence-corrected chi connectivity index (χ4v) is 4.31. The molecule has 2 aromatic rings. The van der Waals surface area contributed by atoms with Gasteiger partial charge >= 0.3 is 22.7 Å². The van der Waals surface area contributed by atoms with Crippen LogP contribution in [0.1, 0.15) is 0 Å². The number of rotatable bonds is 15.